The van der Waals surface area contributed by atoms with Gasteiger partial charge in [-0.3, -0.25) is 19.2 Å². The summed E-state index contributed by atoms with van der Waals surface area (Å²) in [5.74, 6) is -2.21. The maximum atomic E-state index is 13.0. The van der Waals surface area contributed by atoms with E-state index in [2.05, 4.69) is 10.2 Å². The van der Waals surface area contributed by atoms with Gasteiger partial charge in [-0.25, -0.2) is 4.84 Å². The van der Waals surface area contributed by atoms with E-state index < -0.39 is 41.1 Å². The van der Waals surface area contributed by atoms with Crippen molar-refractivity contribution in [1.82, 2.24) is 15.1 Å². The van der Waals surface area contributed by atoms with Crippen LogP contribution < -0.4 is 15.9 Å². The Morgan fingerprint density at radius 3 is 2.25 bits per heavy atom. The van der Waals surface area contributed by atoms with Crippen molar-refractivity contribution in [2.45, 2.75) is 77.4 Å². The number of ketones is 1. The summed E-state index contributed by atoms with van der Waals surface area (Å²) in [7, 11) is 0. The van der Waals surface area contributed by atoms with E-state index in [1.165, 1.54) is 4.90 Å². The van der Waals surface area contributed by atoms with E-state index >= 15 is 0 Å². The molecular weight excluding hydrogens is 384 g/mol. The molecule has 28 heavy (non-hydrogen) atoms. The van der Waals surface area contributed by atoms with Crippen LogP contribution in [0, 0.1) is 11.3 Å². The first-order valence-corrected chi connectivity index (χ1v) is 10.2. The van der Waals surface area contributed by atoms with Crippen LogP contribution in [-0.2, 0) is 19.2 Å². The Hall–Kier alpha value is -1.67. The molecule has 1 aliphatic carbocycles. The van der Waals surface area contributed by atoms with E-state index in [-0.39, 0.29) is 5.91 Å². The number of halogens is 1. The zero-order valence-electron chi connectivity index (χ0n) is 16.8. The summed E-state index contributed by atoms with van der Waals surface area (Å²) in [6.07, 6.45) is 4.61. The average Bonchev–Trinajstić information content (AvgIpc) is 3.04. The van der Waals surface area contributed by atoms with Crippen LogP contribution in [0.1, 0.15) is 59.3 Å². The number of carbonyl (C=O) groups excluding carboxylic acids is 4. The Morgan fingerprint density at radius 1 is 1.14 bits per heavy atom. The van der Waals surface area contributed by atoms with Crippen LogP contribution in [0.5, 0.6) is 0 Å². The normalized spacial score (nSPS) is 22.3. The molecule has 1 saturated carbocycles. The van der Waals surface area contributed by atoms with Crippen molar-refractivity contribution in [3.8, 4) is 0 Å². The molecule has 1 aliphatic heterocycles. The van der Waals surface area contributed by atoms with Crippen LogP contribution in [-0.4, -0.2) is 53.1 Å². The molecule has 0 aromatic heterocycles. The minimum atomic E-state index is -1.05. The first kappa shape index (κ1) is 22.6. The Balaban J connectivity index is 2.10. The number of Topliss-reactive ketones (excluding diaryl/α,β-unsaturated/α-hetero) is 1. The van der Waals surface area contributed by atoms with Gasteiger partial charge in [-0.1, -0.05) is 40.0 Å². The molecule has 0 aromatic rings. The quantitative estimate of drug-likeness (QED) is 0.401. The van der Waals surface area contributed by atoms with Crippen molar-refractivity contribution in [3.63, 3.8) is 0 Å². The summed E-state index contributed by atoms with van der Waals surface area (Å²) < 4.78 is 0. The molecule has 0 radical (unpaired) electrons. The smallest absolute Gasteiger partial charge is 0.287 e. The fraction of sp³-hybridized carbons (Fsp3) is 0.789. The zero-order chi connectivity index (χ0) is 21.1. The molecule has 4 N–H and O–H groups in total. The monoisotopic (exact) mass is 414 g/mol. The van der Waals surface area contributed by atoms with E-state index in [9.17, 15) is 19.2 Å². The molecule has 2 aliphatic rings. The number of likely N-dealkylation sites (tertiary alicyclic amines) is 1. The minimum absolute atomic E-state index is 0.253. The second-order valence-electron chi connectivity index (χ2n) is 8.92. The van der Waals surface area contributed by atoms with Crippen molar-refractivity contribution >= 4 is 35.3 Å². The highest BCUT2D eigenvalue weighted by atomic mass is 35.5. The first-order valence-electron chi connectivity index (χ1n) is 9.87. The molecule has 0 aromatic carbocycles. The number of carbonyl (C=O) groups is 4. The lowest BCUT2D eigenvalue weighted by molar-refractivity contribution is -0.143. The third-order valence-corrected chi connectivity index (χ3v) is 5.95. The number of hydrogen-bond acceptors (Lipinski definition) is 5. The molecule has 2 rings (SSSR count). The number of nitrogens with one attached hydrogen (secondary N) is 2. The molecule has 9 heteroatoms. The highest BCUT2D eigenvalue weighted by molar-refractivity contribution is 6.37. The van der Waals surface area contributed by atoms with E-state index in [0.717, 1.165) is 19.3 Å². The summed E-state index contributed by atoms with van der Waals surface area (Å²) in [4.78, 5) is 53.4. The fourth-order valence-corrected chi connectivity index (χ4v) is 4.20. The lowest BCUT2D eigenvalue weighted by atomic mass is 9.80. The van der Waals surface area contributed by atoms with Gasteiger partial charge in [-0.15, -0.1) is 0 Å². The second-order valence-corrected chi connectivity index (χ2v) is 9.14. The van der Waals surface area contributed by atoms with Crippen molar-refractivity contribution in [2.24, 2.45) is 17.1 Å². The van der Waals surface area contributed by atoms with Crippen LogP contribution in [0.3, 0.4) is 0 Å². The molecule has 158 valence electrons. The highest BCUT2D eigenvalue weighted by Crippen LogP contribution is 2.31. The van der Waals surface area contributed by atoms with Crippen LogP contribution in [0.2, 0.25) is 0 Å². The maximum absolute atomic E-state index is 13.0. The molecule has 3 amide bonds. The highest BCUT2D eigenvalue weighted by Gasteiger charge is 2.42. The van der Waals surface area contributed by atoms with Gasteiger partial charge in [-0.05, 0) is 42.4 Å². The summed E-state index contributed by atoms with van der Waals surface area (Å²) in [6.45, 7) is 6.10. The van der Waals surface area contributed by atoms with Gasteiger partial charge in [0, 0.05) is 6.54 Å². The van der Waals surface area contributed by atoms with Crippen LogP contribution in [0.25, 0.3) is 0 Å². The lowest BCUT2D eigenvalue weighted by Crippen LogP contribution is -2.57. The minimum Gasteiger partial charge on any atom is -0.363 e. The van der Waals surface area contributed by atoms with Crippen molar-refractivity contribution in [1.29, 1.82) is 0 Å². The molecule has 1 saturated heterocycles. The van der Waals surface area contributed by atoms with Gasteiger partial charge in [0.25, 0.3) is 5.91 Å². The van der Waals surface area contributed by atoms with Crippen LogP contribution >= 0.6 is 11.8 Å². The number of amides is 3. The Labute approximate surface area is 171 Å². The van der Waals surface area contributed by atoms with E-state index in [4.69, 9.17) is 17.5 Å². The van der Waals surface area contributed by atoms with Gasteiger partial charge in [-0.2, -0.15) is 0 Å². The van der Waals surface area contributed by atoms with Gasteiger partial charge < -0.3 is 16.0 Å². The van der Waals surface area contributed by atoms with Crippen molar-refractivity contribution < 1.29 is 19.2 Å². The van der Waals surface area contributed by atoms with Crippen LogP contribution in [0.4, 0.5) is 0 Å². The van der Waals surface area contributed by atoms with E-state index in [1.54, 1.807) is 0 Å². The van der Waals surface area contributed by atoms with Gasteiger partial charge in [0.05, 0.1) is 6.04 Å². The summed E-state index contributed by atoms with van der Waals surface area (Å²) in [5, 5.41) is 2.68. The number of primary amides is 1. The number of rotatable bonds is 8. The molecule has 0 spiro atoms. The van der Waals surface area contributed by atoms with Gasteiger partial charge in [0.15, 0.2) is 0 Å². The van der Waals surface area contributed by atoms with Gasteiger partial charge >= 0.3 is 0 Å². The topological polar surface area (TPSA) is 122 Å². The molecule has 3 atom stereocenters. The summed E-state index contributed by atoms with van der Waals surface area (Å²) >= 11 is 5.80. The average molecular weight is 415 g/mol. The van der Waals surface area contributed by atoms with E-state index in [0.29, 0.717) is 31.7 Å². The molecule has 3 unspecified atom stereocenters. The lowest BCUT2D eigenvalue weighted by Gasteiger charge is -2.34. The molecule has 8 nitrogen and oxygen atoms in total. The van der Waals surface area contributed by atoms with Crippen molar-refractivity contribution in [3.05, 3.63) is 0 Å². The first-order chi connectivity index (χ1) is 13.1. The second kappa shape index (κ2) is 9.22. The number of nitrogens with two attached hydrogens (primary N) is 1. The Kier molecular flexibility index (Phi) is 7.45. The van der Waals surface area contributed by atoms with E-state index in [1.807, 2.05) is 20.8 Å². The number of hydrogen-bond donors (Lipinski definition) is 3. The van der Waals surface area contributed by atoms with Gasteiger partial charge in [0.1, 0.15) is 12.1 Å². The predicted molar refractivity (Wildman–Crippen MR) is 105 cm³/mol. The maximum Gasteiger partial charge on any atom is 0.287 e. The molecule has 0 bridgehead atoms. The zero-order valence-corrected chi connectivity index (χ0v) is 17.6. The Bertz CT molecular complexity index is 630. The van der Waals surface area contributed by atoms with Crippen LogP contribution in [0.15, 0.2) is 0 Å². The fourth-order valence-electron chi connectivity index (χ4n) is 3.78. The summed E-state index contributed by atoms with van der Waals surface area (Å²) in [6, 6.07) is -2.27. The standard InChI is InChI=1S/C19H31ClN4O4/c1-19(2,3)15(23-20)18(28)24-9-5-8-13(24)17(27)22-12(14(25)16(21)26)10-11-6-4-7-11/h11-13,15,23H,4-10H2,1-3H3,(H2,21,26)(H,22,27). The SMILES string of the molecule is CC(C)(C)C(NCl)C(=O)N1CCCC1C(=O)NC(CC1CCC1)C(=O)C(N)=O. The van der Waals surface area contributed by atoms with Gasteiger partial charge in [0.2, 0.25) is 17.6 Å². The predicted octanol–water partition coefficient (Wildman–Crippen LogP) is 0.865. The third kappa shape index (κ3) is 5.23. The molecular formula is C19H31ClN4O4. The third-order valence-electron chi connectivity index (χ3n) is 5.73. The summed E-state index contributed by atoms with van der Waals surface area (Å²) in [5.41, 5.74) is 4.72. The number of nitrogens with zero attached hydrogens (tertiary/aromatic N) is 1. The largest absolute Gasteiger partial charge is 0.363 e. The Morgan fingerprint density at radius 2 is 1.79 bits per heavy atom. The molecule has 2 fully saturated rings. The molecule has 1 heterocycles. The van der Waals surface area contributed by atoms with Crippen molar-refractivity contribution in [2.75, 3.05) is 6.54 Å².